The van der Waals surface area contributed by atoms with Crippen LogP contribution in [0.1, 0.15) is 115 Å². The van der Waals surface area contributed by atoms with Crippen molar-refractivity contribution in [1.29, 1.82) is 0 Å². The molecule has 187 valence electrons. The Labute approximate surface area is 229 Å². The number of rotatable bonds is 7. The number of halogens is 3. The molecule has 0 unspecified atom stereocenters. The van der Waals surface area contributed by atoms with Crippen molar-refractivity contribution < 1.29 is 29.9 Å². The van der Waals surface area contributed by atoms with Crippen molar-refractivity contribution in [2.45, 2.75) is 92.9 Å². The van der Waals surface area contributed by atoms with Gasteiger partial charge in [-0.1, -0.05) is 91.8 Å². The molecule has 0 N–H and O–H groups in total. The second-order valence-corrected chi connectivity index (χ2v) is 23.9. The van der Waals surface area contributed by atoms with Crippen molar-refractivity contribution in [2.24, 2.45) is 9.98 Å². The maximum atomic E-state index is 5.13. The summed E-state index contributed by atoms with van der Waals surface area (Å²) in [4.78, 5) is 10.3. The number of benzene rings is 2. The number of para-hydroxylation sites is 2. The zero-order chi connectivity index (χ0) is 26.2. The first-order valence-corrected chi connectivity index (χ1v) is 24.0. The Morgan fingerprint density at radius 2 is 0.765 bits per heavy atom. The molecule has 2 aromatic carbocycles. The Morgan fingerprint density at radius 3 is 0.941 bits per heavy atom. The molecule has 0 atom stereocenters. The normalized spacial score (nSPS) is 12.5. The van der Waals surface area contributed by atoms with Crippen LogP contribution in [0, 0.1) is 29.9 Å². The van der Waals surface area contributed by atoms with Crippen LogP contribution in [0.5, 0.6) is 0 Å². The van der Waals surface area contributed by atoms with E-state index >= 15 is 0 Å². The van der Waals surface area contributed by atoms with Gasteiger partial charge in [-0.05, 0) is 59.8 Å². The molecule has 0 aliphatic carbocycles. The van der Waals surface area contributed by atoms with E-state index in [-0.39, 0.29) is 0 Å². The molecule has 0 aliphatic rings. The molecule has 0 spiro atoms. The molecule has 0 fully saturated rings. The third kappa shape index (κ3) is 9.81. The maximum absolute atomic E-state index is 5.13. The Balaban J connectivity index is 0.00000133. The molecule has 0 bridgehead atoms. The average Bonchev–Trinajstić information content (AvgIpc) is 2.72. The topological polar surface area (TPSA) is 24.7 Å². The molecule has 0 radical (unpaired) electrons. The summed E-state index contributed by atoms with van der Waals surface area (Å²) in [7, 11) is 0. The molecule has 0 aromatic heterocycles. The number of nitrogens with zero attached hydrogens (tertiary/aromatic N) is 2. The van der Waals surface area contributed by atoms with Crippen molar-refractivity contribution >= 4 is 40.2 Å². The van der Waals surface area contributed by atoms with E-state index in [1.165, 1.54) is 22.3 Å². The van der Waals surface area contributed by atoms with E-state index in [0.29, 0.717) is 23.7 Å². The Bertz CT molecular complexity index is 860. The van der Waals surface area contributed by atoms with Gasteiger partial charge < -0.3 is 0 Å². The van der Waals surface area contributed by atoms with Crippen molar-refractivity contribution in [1.82, 2.24) is 0 Å². The summed E-state index contributed by atoms with van der Waals surface area (Å²) in [5.41, 5.74) is 9.43. The van der Waals surface area contributed by atoms with Crippen LogP contribution < -0.4 is 0 Å². The van der Waals surface area contributed by atoms with Gasteiger partial charge in [-0.3, -0.25) is 9.98 Å². The predicted molar refractivity (Wildman–Crippen MR) is 152 cm³/mol. The molecule has 0 heterocycles. The average molecular weight is 655 g/mol. The van der Waals surface area contributed by atoms with Gasteiger partial charge >= 0.3 is 47.3 Å². The Hall–Kier alpha value is 0.000649. The molecule has 6 heteroatoms. The second kappa shape index (κ2) is 15.3. The van der Waals surface area contributed by atoms with Crippen molar-refractivity contribution in [3.63, 3.8) is 0 Å². The van der Waals surface area contributed by atoms with Crippen LogP contribution in [-0.4, -0.2) is 11.4 Å². The molecule has 0 saturated heterocycles. The standard InChI is InChI=1S/C28H40N2.3ClH.Nd/c1-17(2)23-13-11-14-24(18(3)4)27(23)29-21(9)22(10)30-28-25(19(5)6)15-12-16-26(28)20(7)8;;;;/h11-20H,1-10H3;3*1H;/q;;;;+3/p-3. The van der Waals surface area contributed by atoms with Crippen LogP contribution >= 0.6 is 17.4 Å². The van der Waals surface area contributed by atoms with E-state index in [4.69, 9.17) is 27.4 Å². The fourth-order valence-corrected chi connectivity index (χ4v) is 3.78. The van der Waals surface area contributed by atoms with E-state index in [1.807, 2.05) is 0 Å². The fourth-order valence-electron chi connectivity index (χ4n) is 3.78. The number of hydrogen-bond acceptors (Lipinski definition) is 2. The van der Waals surface area contributed by atoms with Crippen LogP contribution in [0.2, 0.25) is 0 Å². The fraction of sp³-hybridized carbons (Fsp3) is 0.500. The van der Waals surface area contributed by atoms with Gasteiger partial charge in [0.2, 0.25) is 0 Å². The Kier molecular flexibility index (Phi) is 14.4. The second-order valence-electron chi connectivity index (χ2n) is 9.80. The minimum atomic E-state index is -2.24. The summed E-state index contributed by atoms with van der Waals surface area (Å²) < 4.78 is 0. The molecule has 0 amide bonds. The summed E-state index contributed by atoms with van der Waals surface area (Å²) in [6.07, 6.45) is 0. The van der Waals surface area contributed by atoms with E-state index in [1.54, 1.807) is 0 Å². The number of hydrogen-bond donors (Lipinski definition) is 0. The van der Waals surface area contributed by atoms with Crippen LogP contribution in [-0.2, 0) is 0 Å². The van der Waals surface area contributed by atoms with E-state index in [9.17, 15) is 0 Å². The van der Waals surface area contributed by atoms with Crippen LogP contribution in [0.15, 0.2) is 46.4 Å². The SMILES string of the molecule is CC(=Nc1c(C(C)C)cccc1C(C)C)C(C)=Nc1c(C(C)C)cccc1C(C)C.[Cl][Nd]([Cl])[Cl]. The number of aliphatic imine (C=N–C) groups is 2. The van der Waals surface area contributed by atoms with Crippen molar-refractivity contribution in [3.8, 4) is 0 Å². The monoisotopic (exact) mass is 651 g/mol. The quantitative estimate of drug-likeness (QED) is 0.265. The van der Waals surface area contributed by atoms with Gasteiger partial charge in [0.1, 0.15) is 0 Å². The molecular weight excluding hydrogens is 615 g/mol. The zero-order valence-corrected chi connectivity index (χ0v) is 27.8. The molecule has 0 saturated carbocycles. The first-order chi connectivity index (χ1) is 15.8. The summed E-state index contributed by atoms with van der Waals surface area (Å²) in [5, 5.41) is 0. The van der Waals surface area contributed by atoms with Crippen LogP contribution in [0.3, 0.4) is 0 Å². The summed E-state index contributed by atoms with van der Waals surface area (Å²) in [5.74, 6) is 16.8. The van der Waals surface area contributed by atoms with E-state index in [0.717, 1.165) is 22.8 Å². The molecule has 2 rings (SSSR count). The van der Waals surface area contributed by atoms with E-state index in [2.05, 4.69) is 106 Å². The first-order valence-electron chi connectivity index (χ1n) is 12.0. The zero-order valence-electron chi connectivity index (χ0n) is 22.3. The van der Waals surface area contributed by atoms with Crippen LogP contribution in [0.25, 0.3) is 0 Å². The summed E-state index contributed by atoms with van der Waals surface area (Å²) in [6, 6.07) is 13.2. The molecule has 2 nitrogen and oxygen atoms in total. The van der Waals surface area contributed by atoms with E-state index < -0.39 is 29.9 Å². The summed E-state index contributed by atoms with van der Waals surface area (Å²) in [6.45, 7) is 22.1. The summed E-state index contributed by atoms with van der Waals surface area (Å²) >= 11 is -2.24. The molecule has 0 aliphatic heterocycles. The van der Waals surface area contributed by atoms with Gasteiger partial charge in [-0.25, -0.2) is 0 Å². The van der Waals surface area contributed by atoms with Gasteiger partial charge in [-0.2, -0.15) is 0 Å². The van der Waals surface area contributed by atoms with Crippen molar-refractivity contribution in [2.75, 3.05) is 0 Å². The minimum absolute atomic E-state index is 0.432. The van der Waals surface area contributed by atoms with Gasteiger partial charge in [-0.15, -0.1) is 0 Å². The third-order valence-electron chi connectivity index (χ3n) is 5.77. The Morgan fingerprint density at radius 1 is 0.559 bits per heavy atom. The first kappa shape index (κ1) is 32.0. The van der Waals surface area contributed by atoms with Gasteiger partial charge in [0.25, 0.3) is 0 Å². The predicted octanol–water partition coefficient (Wildman–Crippen LogP) is 11.1. The van der Waals surface area contributed by atoms with Gasteiger partial charge in [0.05, 0.1) is 22.8 Å². The van der Waals surface area contributed by atoms with Gasteiger partial charge in [0, 0.05) is 0 Å². The molecular formula is C28H40Cl3N2Nd. The molecule has 34 heavy (non-hydrogen) atoms. The van der Waals surface area contributed by atoms with Crippen molar-refractivity contribution in [3.05, 3.63) is 58.7 Å². The van der Waals surface area contributed by atoms with Crippen LogP contribution in [0.4, 0.5) is 11.4 Å². The molecule has 2 aromatic rings. The third-order valence-corrected chi connectivity index (χ3v) is 5.77. The van der Waals surface area contributed by atoms with Gasteiger partial charge in [0.15, 0.2) is 0 Å².